The van der Waals surface area contributed by atoms with Crippen LogP contribution in [-0.2, 0) is 9.62 Å². The molecule has 1 rings (SSSR count). The van der Waals surface area contributed by atoms with Crippen LogP contribution >= 0.6 is 0 Å². The van der Waals surface area contributed by atoms with Crippen molar-refractivity contribution in [2.24, 2.45) is 5.92 Å². The summed E-state index contributed by atoms with van der Waals surface area (Å²) in [6.07, 6.45) is 1.01. The maximum absolute atomic E-state index is 7.97. The van der Waals surface area contributed by atoms with Gasteiger partial charge in [-0.3, -0.25) is 5.26 Å². The van der Waals surface area contributed by atoms with E-state index in [0.717, 1.165) is 19.6 Å². The summed E-state index contributed by atoms with van der Waals surface area (Å²) in [5.41, 5.74) is 0. The van der Waals surface area contributed by atoms with Crippen LogP contribution in [0.1, 0.15) is 6.42 Å². The first kappa shape index (κ1) is 6.01. The lowest BCUT2D eigenvalue weighted by Gasteiger charge is -2.00. The second-order valence-corrected chi connectivity index (χ2v) is 2.03. The molecule has 1 fully saturated rings. The zero-order valence-corrected chi connectivity index (χ0v) is 4.67. The quantitative estimate of drug-likeness (QED) is 0.424. The van der Waals surface area contributed by atoms with Gasteiger partial charge in [0.2, 0.25) is 0 Å². The van der Waals surface area contributed by atoms with Crippen LogP contribution in [0.15, 0.2) is 0 Å². The van der Waals surface area contributed by atoms with Crippen molar-refractivity contribution in [1.29, 1.82) is 0 Å². The maximum Gasteiger partial charge on any atom is 0.0870 e. The zero-order valence-electron chi connectivity index (χ0n) is 4.67. The van der Waals surface area contributed by atoms with E-state index in [1.54, 1.807) is 0 Å². The van der Waals surface area contributed by atoms with Crippen LogP contribution in [-0.4, -0.2) is 25.1 Å². The minimum atomic E-state index is 0.417. The Labute approximate surface area is 48.1 Å². The Morgan fingerprint density at radius 2 is 2.62 bits per heavy atom. The van der Waals surface area contributed by atoms with Crippen molar-refractivity contribution in [3.63, 3.8) is 0 Å². The van der Waals surface area contributed by atoms with E-state index in [2.05, 4.69) is 4.89 Å². The van der Waals surface area contributed by atoms with Gasteiger partial charge in [-0.15, -0.1) is 0 Å². The lowest BCUT2D eigenvalue weighted by Crippen LogP contribution is -2.06. The molecule has 0 saturated carbocycles. The Morgan fingerprint density at radius 3 is 3.12 bits per heavy atom. The van der Waals surface area contributed by atoms with Gasteiger partial charge in [-0.1, -0.05) is 0 Å². The first-order chi connectivity index (χ1) is 3.93. The topological polar surface area (TPSA) is 38.7 Å². The number of hydrogen-bond acceptors (Lipinski definition) is 3. The van der Waals surface area contributed by atoms with E-state index in [1.807, 2.05) is 0 Å². The van der Waals surface area contributed by atoms with Gasteiger partial charge < -0.3 is 4.74 Å². The summed E-state index contributed by atoms with van der Waals surface area (Å²) < 4.78 is 5.02. The molecule has 0 aromatic rings. The molecule has 0 amide bonds. The summed E-state index contributed by atoms with van der Waals surface area (Å²) >= 11 is 0. The SMILES string of the molecule is OOCC1CCOC1. The maximum atomic E-state index is 7.97. The van der Waals surface area contributed by atoms with Crippen LogP contribution in [0.4, 0.5) is 0 Å². The molecule has 1 unspecified atom stereocenters. The zero-order chi connectivity index (χ0) is 5.82. The number of rotatable bonds is 2. The molecule has 8 heavy (non-hydrogen) atoms. The average Bonchev–Trinajstić information content (AvgIpc) is 2.19. The van der Waals surface area contributed by atoms with Gasteiger partial charge in [0.05, 0.1) is 13.2 Å². The van der Waals surface area contributed by atoms with E-state index in [4.69, 9.17) is 9.99 Å². The third-order valence-corrected chi connectivity index (χ3v) is 1.33. The molecule has 1 aliphatic heterocycles. The molecule has 0 aromatic heterocycles. The normalized spacial score (nSPS) is 28.9. The Balaban J connectivity index is 2.06. The van der Waals surface area contributed by atoms with Gasteiger partial charge in [0.1, 0.15) is 0 Å². The molecular weight excluding hydrogens is 108 g/mol. The van der Waals surface area contributed by atoms with Crippen LogP contribution in [0.5, 0.6) is 0 Å². The van der Waals surface area contributed by atoms with E-state index in [0.29, 0.717) is 12.5 Å². The van der Waals surface area contributed by atoms with E-state index >= 15 is 0 Å². The lowest BCUT2D eigenvalue weighted by atomic mass is 10.1. The summed E-state index contributed by atoms with van der Waals surface area (Å²) in [6, 6.07) is 0. The van der Waals surface area contributed by atoms with Gasteiger partial charge >= 0.3 is 0 Å². The second-order valence-electron chi connectivity index (χ2n) is 2.03. The average molecular weight is 118 g/mol. The van der Waals surface area contributed by atoms with Gasteiger partial charge in [0.25, 0.3) is 0 Å². The Hall–Kier alpha value is -0.120. The van der Waals surface area contributed by atoms with Crippen molar-refractivity contribution in [3.8, 4) is 0 Å². The van der Waals surface area contributed by atoms with E-state index in [9.17, 15) is 0 Å². The minimum Gasteiger partial charge on any atom is -0.381 e. The smallest absolute Gasteiger partial charge is 0.0870 e. The van der Waals surface area contributed by atoms with Crippen LogP contribution in [0.3, 0.4) is 0 Å². The van der Waals surface area contributed by atoms with Gasteiger partial charge in [-0.05, 0) is 6.42 Å². The lowest BCUT2D eigenvalue weighted by molar-refractivity contribution is -0.250. The standard InChI is InChI=1S/C5H10O3/c6-8-4-5-1-2-7-3-5/h5-6H,1-4H2. The summed E-state index contributed by atoms with van der Waals surface area (Å²) in [5.74, 6) is 0.417. The van der Waals surface area contributed by atoms with Crippen molar-refractivity contribution in [2.45, 2.75) is 6.42 Å². The molecule has 1 heterocycles. The van der Waals surface area contributed by atoms with Crippen LogP contribution in [0.25, 0.3) is 0 Å². The predicted molar refractivity (Wildman–Crippen MR) is 27.5 cm³/mol. The van der Waals surface area contributed by atoms with Crippen LogP contribution in [0.2, 0.25) is 0 Å². The minimum absolute atomic E-state index is 0.417. The van der Waals surface area contributed by atoms with Crippen LogP contribution < -0.4 is 0 Å². The molecule has 0 radical (unpaired) electrons. The van der Waals surface area contributed by atoms with Gasteiger partial charge in [-0.2, -0.15) is 0 Å². The molecule has 3 heteroatoms. The van der Waals surface area contributed by atoms with Crippen molar-refractivity contribution >= 4 is 0 Å². The third-order valence-electron chi connectivity index (χ3n) is 1.33. The molecule has 1 atom stereocenters. The summed E-state index contributed by atoms with van der Waals surface area (Å²) in [6.45, 7) is 1.97. The number of hydrogen-bond donors (Lipinski definition) is 1. The highest BCUT2D eigenvalue weighted by molar-refractivity contribution is 4.61. The molecule has 0 aromatic carbocycles. The largest absolute Gasteiger partial charge is 0.381 e. The van der Waals surface area contributed by atoms with E-state index in [1.165, 1.54) is 0 Å². The molecule has 1 saturated heterocycles. The van der Waals surface area contributed by atoms with Gasteiger partial charge in [-0.25, -0.2) is 4.89 Å². The molecular formula is C5H10O3. The van der Waals surface area contributed by atoms with Crippen molar-refractivity contribution < 1.29 is 14.9 Å². The monoisotopic (exact) mass is 118 g/mol. The van der Waals surface area contributed by atoms with E-state index < -0.39 is 0 Å². The van der Waals surface area contributed by atoms with Crippen molar-refractivity contribution in [2.75, 3.05) is 19.8 Å². The molecule has 1 aliphatic rings. The number of ether oxygens (including phenoxy) is 1. The Morgan fingerprint density at radius 1 is 1.75 bits per heavy atom. The third kappa shape index (κ3) is 1.43. The fourth-order valence-electron chi connectivity index (χ4n) is 0.820. The molecule has 1 N–H and O–H groups in total. The fourth-order valence-corrected chi connectivity index (χ4v) is 0.820. The van der Waals surface area contributed by atoms with Crippen molar-refractivity contribution in [1.82, 2.24) is 0 Å². The predicted octanol–water partition coefficient (Wildman–Crippen LogP) is 0.512. The highest BCUT2D eigenvalue weighted by Crippen LogP contribution is 2.11. The fraction of sp³-hybridized carbons (Fsp3) is 1.00. The molecule has 0 bridgehead atoms. The highest BCUT2D eigenvalue weighted by atomic mass is 17.1. The highest BCUT2D eigenvalue weighted by Gasteiger charge is 2.14. The Bertz CT molecular complexity index is 58.7. The summed E-state index contributed by atoms with van der Waals surface area (Å²) in [4.78, 5) is 3.95. The molecule has 0 aliphatic carbocycles. The summed E-state index contributed by atoms with van der Waals surface area (Å²) in [7, 11) is 0. The molecule has 3 nitrogen and oxygen atoms in total. The van der Waals surface area contributed by atoms with Gasteiger partial charge in [0.15, 0.2) is 0 Å². The van der Waals surface area contributed by atoms with Gasteiger partial charge in [0, 0.05) is 12.5 Å². The van der Waals surface area contributed by atoms with Crippen LogP contribution in [0, 0.1) is 5.92 Å². The van der Waals surface area contributed by atoms with Crippen molar-refractivity contribution in [3.05, 3.63) is 0 Å². The second kappa shape index (κ2) is 3.02. The summed E-state index contributed by atoms with van der Waals surface area (Å²) in [5, 5.41) is 7.97. The van der Waals surface area contributed by atoms with E-state index in [-0.39, 0.29) is 0 Å². The molecule has 48 valence electrons. The molecule has 0 spiro atoms. The first-order valence-electron chi connectivity index (χ1n) is 2.77. The Kier molecular flexibility index (Phi) is 2.27. The first-order valence-corrected chi connectivity index (χ1v) is 2.77.